The summed E-state index contributed by atoms with van der Waals surface area (Å²) in [5.74, 6) is -6.80. The minimum Gasteiger partial charge on any atom is -0.481 e. The van der Waals surface area contributed by atoms with E-state index in [2.05, 4.69) is 28.6 Å². The molecule has 0 aliphatic carbocycles. The molecular weight excluding hydrogens is 436 g/mol. The summed E-state index contributed by atoms with van der Waals surface area (Å²) in [7, 11) is 0. The fourth-order valence-corrected chi connectivity index (χ4v) is 3.09. The van der Waals surface area contributed by atoms with E-state index < -0.39 is 79.1 Å². The van der Waals surface area contributed by atoms with Gasteiger partial charge in [-0.15, -0.1) is 0 Å². The minimum absolute atomic E-state index is 0.137. The summed E-state index contributed by atoms with van der Waals surface area (Å²) in [5, 5.41) is 36.5. The Morgan fingerprint density at radius 1 is 0.903 bits per heavy atom. The second-order valence-electron chi connectivity index (χ2n) is 6.88. The van der Waals surface area contributed by atoms with Crippen LogP contribution in [0.2, 0.25) is 0 Å². The number of hydrogen-bond donors (Lipinski definition) is 8. The number of aliphatic carboxylic acids is 3. The second kappa shape index (κ2) is 12.7. The van der Waals surface area contributed by atoms with Crippen LogP contribution in [0, 0.1) is 0 Å². The summed E-state index contributed by atoms with van der Waals surface area (Å²) < 4.78 is 0. The van der Waals surface area contributed by atoms with Crippen LogP contribution in [0.15, 0.2) is 0 Å². The number of rotatable bonds is 13. The molecule has 0 aromatic carbocycles. The molecule has 3 amide bonds. The molecule has 0 aromatic rings. The Labute approximate surface area is 182 Å². The molecule has 0 aromatic heterocycles. The van der Waals surface area contributed by atoms with Crippen molar-refractivity contribution in [2.45, 2.75) is 56.3 Å². The lowest BCUT2D eigenvalue weighted by Crippen LogP contribution is -2.58. The molecule has 1 fully saturated rings. The molecule has 0 saturated carbocycles. The van der Waals surface area contributed by atoms with E-state index in [1.54, 1.807) is 0 Å². The van der Waals surface area contributed by atoms with Crippen LogP contribution in [0.25, 0.3) is 0 Å². The largest absolute Gasteiger partial charge is 0.481 e. The Bertz CT molecular complexity index is 712. The molecular formula is C17H26N4O9S. The van der Waals surface area contributed by atoms with Gasteiger partial charge in [-0.25, -0.2) is 4.79 Å². The number of carboxylic acids is 3. The van der Waals surface area contributed by atoms with Gasteiger partial charge in [0.05, 0.1) is 12.5 Å². The van der Waals surface area contributed by atoms with E-state index in [4.69, 9.17) is 15.3 Å². The van der Waals surface area contributed by atoms with Crippen LogP contribution in [0.4, 0.5) is 0 Å². The Morgan fingerprint density at radius 3 is 2.00 bits per heavy atom. The fraction of sp³-hybridized carbons (Fsp3) is 0.647. The van der Waals surface area contributed by atoms with Crippen molar-refractivity contribution in [2.75, 3.05) is 12.3 Å². The Hall–Kier alpha value is -2.87. The van der Waals surface area contributed by atoms with Crippen LogP contribution in [-0.2, 0) is 28.8 Å². The molecule has 174 valence electrons. The first-order chi connectivity index (χ1) is 14.5. The van der Waals surface area contributed by atoms with E-state index >= 15 is 0 Å². The normalized spacial score (nSPS) is 18.3. The van der Waals surface area contributed by atoms with Crippen molar-refractivity contribution >= 4 is 48.3 Å². The van der Waals surface area contributed by atoms with Crippen molar-refractivity contribution in [3.05, 3.63) is 0 Å². The van der Waals surface area contributed by atoms with Crippen molar-refractivity contribution in [1.29, 1.82) is 0 Å². The highest BCUT2D eigenvalue weighted by Gasteiger charge is 2.32. The number of carbonyl (C=O) groups excluding carboxylic acids is 3. The van der Waals surface area contributed by atoms with Gasteiger partial charge in [-0.1, -0.05) is 0 Å². The molecule has 7 N–H and O–H groups in total. The molecule has 1 aliphatic heterocycles. The highest BCUT2D eigenvalue weighted by Crippen LogP contribution is 2.06. The lowest BCUT2D eigenvalue weighted by Gasteiger charge is -2.23. The molecule has 0 radical (unpaired) electrons. The van der Waals surface area contributed by atoms with E-state index in [0.29, 0.717) is 13.0 Å². The van der Waals surface area contributed by atoms with Gasteiger partial charge in [0.1, 0.15) is 18.1 Å². The van der Waals surface area contributed by atoms with Gasteiger partial charge >= 0.3 is 17.9 Å². The average Bonchev–Trinajstić information content (AvgIpc) is 3.22. The molecule has 0 spiro atoms. The van der Waals surface area contributed by atoms with Crippen LogP contribution in [-0.4, -0.2) is 87.4 Å². The predicted octanol–water partition coefficient (Wildman–Crippen LogP) is -2.45. The molecule has 1 saturated heterocycles. The van der Waals surface area contributed by atoms with E-state index in [-0.39, 0.29) is 5.75 Å². The highest BCUT2D eigenvalue weighted by molar-refractivity contribution is 7.80. The van der Waals surface area contributed by atoms with Gasteiger partial charge in [0.2, 0.25) is 17.7 Å². The van der Waals surface area contributed by atoms with Crippen LogP contribution in [0.5, 0.6) is 0 Å². The highest BCUT2D eigenvalue weighted by atomic mass is 32.1. The lowest BCUT2D eigenvalue weighted by atomic mass is 10.1. The van der Waals surface area contributed by atoms with Gasteiger partial charge in [-0.3, -0.25) is 24.0 Å². The molecule has 4 atom stereocenters. The molecule has 13 nitrogen and oxygen atoms in total. The third kappa shape index (κ3) is 9.21. The van der Waals surface area contributed by atoms with Crippen LogP contribution in [0.1, 0.15) is 32.1 Å². The summed E-state index contributed by atoms with van der Waals surface area (Å²) in [6, 6.07) is -4.88. The van der Waals surface area contributed by atoms with E-state index in [0.717, 1.165) is 6.42 Å². The summed E-state index contributed by atoms with van der Waals surface area (Å²) in [6.07, 6.45) is -0.461. The molecule has 1 heterocycles. The monoisotopic (exact) mass is 462 g/mol. The van der Waals surface area contributed by atoms with Crippen LogP contribution >= 0.6 is 12.6 Å². The fourth-order valence-electron chi connectivity index (χ4n) is 2.83. The smallest absolute Gasteiger partial charge is 0.326 e. The molecule has 1 aliphatic rings. The SMILES string of the molecule is O=C(O)CCC(NC(=O)C(CC(=O)O)NC(=O)C(CS)NC(=O)C1CCCN1)C(=O)O. The van der Waals surface area contributed by atoms with Crippen LogP contribution in [0.3, 0.4) is 0 Å². The Balaban J connectivity index is 2.81. The number of hydrogen-bond acceptors (Lipinski definition) is 8. The van der Waals surface area contributed by atoms with Gasteiger partial charge < -0.3 is 36.6 Å². The summed E-state index contributed by atoms with van der Waals surface area (Å²) in [6.45, 7) is 0.656. The summed E-state index contributed by atoms with van der Waals surface area (Å²) in [4.78, 5) is 70.1. The Kier molecular flexibility index (Phi) is 10.8. The zero-order valence-corrected chi connectivity index (χ0v) is 17.4. The molecule has 4 unspecified atom stereocenters. The van der Waals surface area contributed by atoms with E-state index in [1.807, 2.05) is 5.32 Å². The second-order valence-corrected chi connectivity index (χ2v) is 7.25. The van der Waals surface area contributed by atoms with Crippen molar-refractivity contribution in [2.24, 2.45) is 0 Å². The number of carboxylic acid groups (broad SMARTS) is 3. The summed E-state index contributed by atoms with van der Waals surface area (Å²) in [5.41, 5.74) is 0. The van der Waals surface area contributed by atoms with E-state index in [1.165, 1.54) is 0 Å². The topological polar surface area (TPSA) is 211 Å². The predicted molar refractivity (Wildman–Crippen MR) is 107 cm³/mol. The summed E-state index contributed by atoms with van der Waals surface area (Å²) >= 11 is 4.00. The first-order valence-corrected chi connectivity index (χ1v) is 10.1. The van der Waals surface area contributed by atoms with Gasteiger partial charge in [0, 0.05) is 12.2 Å². The average molecular weight is 462 g/mol. The zero-order chi connectivity index (χ0) is 23.6. The number of amides is 3. The quantitative estimate of drug-likeness (QED) is 0.135. The van der Waals surface area contributed by atoms with Crippen molar-refractivity contribution in [3.63, 3.8) is 0 Å². The number of carbonyl (C=O) groups is 6. The molecule has 31 heavy (non-hydrogen) atoms. The standard InChI is InChI=1S/C17H26N4O9S/c22-12(23)4-3-9(17(29)30)19-15(27)10(6-13(24)25)20-16(28)11(7-31)21-14(26)8-2-1-5-18-8/h8-11,18,31H,1-7H2,(H,19,27)(H,20,28)(H,21,26)(H,22,23)(H,24,25)(H,29,30). The molecule has 0 bridgehead atoms. The van der Waals surface area contributed by atoms with Crippen molar-refractivity contribution in [1.82, 2.24) is 21.3 Å². The van der Waals surface area contributed by atoms with Crippen LogP contribution < -0.4 is 21.3 Å². The maximum atomic E-state index is 12.5. The third-order valence-electron chi connectivity index (χ3n) is 4.47. The number of thiol groups is 1. The lowest BCUT2D eigenvalue weighted by molar-refractivity contribution is -0.144. The van der Waals surface area contributed by atoms with Gasteiger partial charge in [0.15, 0.2) is 0 Å². The molecule has 14 heteroatoms. The first-order valence-electron chi connectivity index (χ1n) is 9.46. The molecule has 1 rings (SSSR count). The van der Waals surface area contributed by atoms with Gasteiger partial charge in [0.25, 0.3) is 0 Å². The maximum absolute atomic E-state index is 12.5. The van der Waals surface area contributed by atoms with Crippen molar-refractivity contribution < 1.29 is 44.1 Å². The number of nitrogens with one attached hydrogen (secondary N) is 4. The maximum Gasteiger partial charge on any atom is 0.326 e. The van der Waals surface area contributed by atoms with Gasteiger partial charge in [-0.2, -0.15) is 12.6 Å². The Morgan fingerprint density at radius 2 is 1.52 bits per heavy atom. The zero-order valence-electron chi connectivity index (χ0n) is 16.5. The van der Waals surface area contributed by atoms with Gasteiger partial charge in [-0.05, 0) is 25.8 Å². The minimum atomic E-state index is -1.65. The van der Waals surface area contributed by atoms with Crippen molar-refractivity contribution in [3.8, 4) is 0 Å². The third-order valence-corrected chi connectivity index (χ3v) is 4.83. The first kappa shape index (κ1) is 26.2. The van der Waals surface area contributed by atoms with E-state index in [9.17, 15) is 28.8 Å².